The highest BCUT2D eigenvalue weighted by Crippen LogP contribution is 2.41. The van der Waals surface area contributed by atoms with E-state index in [1.165, 1.54) is 11.3 Å². The van der Waals surface area contributed by atoms with Crippen LogP contribution in [0.25, 0.3) is 20.4 Å². The third-order valence-electron chi connectivity index (χ3n) is 4.60. The van der Waals surface area contributed by atoms with Gasteiger partial charge < -0.3 is 11.5 Å². The van der Waals surface area contributed by atoms with E-state index >= 15 is 0 Å². The summed E-state index contributed by atoms with van der Waals surface area (Å²) >= 11 is 2.57. The van der Waals surface area contributed by atoms with Gasteiger partial charge in [0.25, 0.3) is 5.91 Å². The lowest BCUT2D eigenvalue weighted by molar-refractivity contribution is 0.103. The Kier molecular flexibility index (Phi) is 4.61. The van der Waals surface area contributed by atoms with Gasteiger partial charge in [0.2, 0.25) is 0 Å². The van der Waals surface area contributed by atoms with Crippen LogP contribution >= 0.6 is 22.7 Å². The molecular weight excluding hydrogens is 404 g/mol. The van der Waals surface area contributed by atoms with Gasteiger partial charge >= 0.3 is 0 Å². The molecule has 0 unspecified atom stereocenters. The topological polar surface area (TPSA) is 131 Å². The van der Waals surface area contributed by atoms with Crippen molar-refractivity contribution in [3.8, 4) is 6.07 Å². The number of hydrogen-bond donors (Lipinski definition) is 3. The molecule has 1 aromatic carbocycles. The number of nitrogens with zero attached hydrogens (tertiary/aromatic N) is 3. The maximum absolute atomic E-state index is 12.9. The van der Waals surface area contributed by atoms with E-state index in [-0.39, 0.29) is 17.6 Å². The van der Waals surface area contributed by atoms with Gasteiger partial charge in [0, 0.05) is 5.39 Å². The van der Waals surface area contributed by atoms with Gasteiger partial charge in [0.15, 0.2) is 5.13 Å². The first-order valence-corrected chi connectivity index (χ1v) is 10.5. The molecule has 146 valence electrons. The number of rotatable bonds is 3. The number of carbonyl (C=O) groups excluding carboxylic acids is 1. The van der Waals surface area contributed by atoms with Crippen molar-refractivity contribution in [3.63, 3.8) is 0 Å². The summed E-state index contributed by atoms with van der Waals surface area (Å²) in [5, 5.41) is 13.5. The van der Waals surface area contributed by atoms with Crippen molar-refractivity contribution < 1.29 is 4.79 Å². The van der Waals surface area contributed by atoms with Crippen LogP contribution in [0.3, 0.4) is 0 Å². The van der Waals surface area contributed by atoms with Gasteiger partial charge in [-0.3, -0.25) is 10.1 Å². The summed E-state index contributed by atoms with van der Waals surface area (Å²) in [6.45, 7) is 5.92. The lowest BCUT2D eigenvalue weighted by atomic mass is 9.95. The summed E-state index contributed by atoms with van der Waals surface area (Å²) in [5.41, 5.74) is 15.6. The predicted molar refractivity (Wildman–Crippen MR) is 120 cm³/mol. The van der Waals surface area contributed by atoms with Crippen LogP contribution in [0.4, 0.5) is 16.6 Å². The van der Waals surface area contributed by atoms with Crippen molar-refractivity contribution in [2.45, 2.75) is 26.7 Å². The lowest BCUT2D eigenvalue weighted by Gasteiger charge is -2.12. The monoisotopic (exact) mass is 422 g/mol. The molecule has 4 aromatic rings. The zero-order valence-electron chi connectivity index (χ0n) is 16.0. The Bertz CT molecular complexity index is 1330. The number of amides is 1. The molecule has 0 aliphatic carbocycles. The number of benzene rings is 1. The van der Waals surface area contributed by atoms with Crippen LogP contribution in [-0.4, -0.2) is 15.9 Å². The van der Waals surface area contributed by atoms with Gasteiger partial charge in [-0.25, -0.2) is 9.97 Å². The Hall–Kier alpha value is -3.22. The molecule has 1 amide bonds. The second kappa shape index (κ2) is 6.99. The third-order valence-corrected chi connectivity index (χ3v) is 6.63. The quantitative estimate of drug-likeness (QED) is 0.441. The fraction of sp³-hybridized carbons (Fsp3) is 0.200. The summed E-state index contributed by atoms with van der Waals surface area (Å²) in [6, 6.07) is 8.05. The van der Waals surface area contributed by atoms with E-state index in [1.54, 1.807) is 0 Å². The fourth-order valence-corrected chi connectivity index (χ4v) is 5.28. The van der Waals surface area contributed by atoms with Gasteiger partial charge in [0.1, 0.15) is 21.6 Å². The van der Waals surface area contributed by atoms with E-state index in [1.807, 2.05) is 39.0 Å². The minimum absolute atomic E-state index is 0.00207. The molecule has 0 fully saturated rings. The molecule has 0 saturated carbocycles. The minimum atomic E-state index is -0.354. The van der Waals surface area contributed by atoms with Crippen LogP contribution in [0, 0.1) is 18.3 Å². The van der Waals surface area contributed by atoms with Crippen molar-refractivity contribution in [3.05, 3.63) is 39.8 Å². The molecule has 0 atom stereocenters. The molecule has 9 heteroatoms. The first-order chi connectivity index (χ1) is 13.8. The summed E-state index contributed by atoms with van der Waals surface area (Å²) in [4.78, 5) is 22.6. The van der Waals surface area contributed by atoms with Crippen molar-refractivity contribution in [1.82, 2.24) is 9.97 Å². The van der Waals surface area contributed by atoms with Gasteiger partial charge in [-0.2, -0.15) is 5.26 Å². The molecule has 0 aliphatic rings. The smallest absolute Gasteiger partial charge is 0.269 e. The summed E-state index contributed by atoms with van der Waals surface area (Å²) in [6.07, 6.45) is 0. The first kappa shape index (κ1) is 19.1. The third kappa shape index (κ3) is 3.16. The zero-order valence-corrected chi connectivity index (χ0v) is 17.7. The number of thiophene rings is 1. The number of hydrogen-bond acceptors (Lipinski definition) is 8. The highest BCUT2D eigenvalue weighted by Gasteiger charge is 2.25. The lowest BCUT2D eigenvalue weighted by Crippen LogP contribution is -2.11. The highest BCUT2D eigenvalue weighted by atomic mass is 32.1. The van der Waals surface area contributed by atoms with Gasteiger partial charge in [-0.05, 0) is 36.1 Å². The van der Waals surface area contributed by atoms with Gasteiger partial charge in [0.05, 0.1) is 21.5 Å². The number of aromatic nitrogens is 2. The van der Waals surface area contributed by atoms with Crippen molar-refractivity contribution >= 4 is 65.7 Å². The molecule has 0 saturated heterocycles. The molecule has 0 bridgehead atoms. The normalized spacial score (nSPS) is 11.3. The number of nitrogens with one attached hydrogen (secondary N) is 1. The second-order valence-electron chi connectivity index (χ2n) is 7.02. The Morgan fingerprint density at radius 2 is 2.00 bits per heavy atom. The van der Waals surface area contributed by atoms with E-state index in [0.29, 0.717) is 31.5 Å². The molecular formula is C20H18N6OS2. The molecule has 0 radical (unpaired) electrons. The van der Waals surface area contributed by atoms with Crippen LogP contribution in [0.15, 0.2) is 18.2 Å². The summed E-state index contributed by atoms with van der Waals surface area (Å²) < 4.78 is 1.000. The number of aryl methyl sites for hydroxylation is 1. The van der Waals surface area contributed by atoms with Crippen LogP contribution in [0.1, 0.15) is 46.1 Å². The maximum Gasteiger partial charge on any atom is 0.269 e. The number of anilines is 3. The number of pyridine rings is 1. The number of fused-ring (bicyclic) bond motifs is 2. The number of nitrogen functional groups attached to an aromatic ring is 2. The van der Waals surface area contributed by atoms with Crippen molar-refractivity contribution in [2.24, 2.45) is 0 Å². The number of thiazole rings is 1. The first-order valence-electron chi connectivity index (χ1n) is 8.90. The van der Waals surface area contributed by atoms with Crippen LogP contribution in [0.2, 0.25) is 0 Å². The standard InChI is InChI=1S/C20H18N6OS2/c1-8(2)13-10(7-21)17(23)25-19-14(13)15(22)16(29-19)18(27)26-20-24-11-5-4-9(3)6-12(11)28-20/h4-6,8H,22H2,1-3H3,(H2,23,25)(H,24,26,27). The van der Waals surface area contributed by atoms with E-state index in [0.717, 1.165) is 32.7 Å². The number of nitriles is 1. The average Bonchev–Trinajstić information content (AvgIpc) is 3.20. The minimum Gasteiger partial charge on any atom is -0.397 e. The molecule has 5 N–H and O–H groups in total. The molecule has 3 aromatic heterocycles. The van der Waals surface area contributed by atoms with E-state index in [4.69, 9.17) is 11.5 Å². The van der Waals surface area contributed by atoms with E-state index in [9.17, 15) is 10.1 Å². The van der Waals surface area contributed by atoms with E-state index in [2.05, 4.69) is 21.4 Å². The molecule has 29 heavy (non-hydrogen) atoms. The Morgan fingerprint density at radius 3 is 2.69 bits per heavy atom. The highest BCUT2D eigenvalue weighted by molar-refractivity contribution is 7.23. The Morgan fingerprint density at radius 1 is 1.24 bits per heavy atom. The summed E-state index contributed by atoms with van der Waals surface area (Å²) in [5.74, 6) is -0.204. The molecule has 4 rings (SSSR count). The summed E-state index contributed by atoms with van der Waals surface area (Å²) in [7, 11) is 0. The van der Waals surface area contributed by atoms with Crippen LogP contribution < -0.4 is 16.8 Å². The Balaban J connectivity index is 1.79. The fourth-order valence-electron chi connectivity index (χ4n) is 3.30. The second-order valence-corrected chi connectivity index (χ2v) is 9.05. The number of nitrogens with two attached hydrogens (primary N) is 2. The van der Waals surface area contributed by atoms with E-state index < -0.39 is 0 Å². The Labute approximate surface area is 175 Å². The maximum atomic E-state index is 12.9. The predicted octanol–water partition coefficient (Wildman–Crippen LogP) is 4.63. The molecule has 7 nitrogen and oxygen atoms in total. The van der Waals surface area contributed by atoms with Gasteiger partial charge in [-0.1, -0.05) is 31.3 Å². The molecule has 3 heterocycles. The number of carbonyl (C=O) groups is 1. The zero-order chi connectivity index (χ0) is 20.9. The van der Waals surface area contributed by atoms with Crippen molar-refractivity contribution in [1.29, 1.82) is 5.26 Å². The SMILES string of the molecule is Cc1ccc2nc(NC(=O)c3sc4nc(N)c(C#N)c(C(C)C)c4c3N)sc2c1. The molecule has 0 aliphatic heterocycles. The molecule has 0 spiro atoms. The van der Waals surface area contributed by atoms with Gasteiger partial charge in [-0.15, -0.1) is 11.3 Å². The van der Waals surface area contributed by atoms with Crippen molar-refractivity contribution in [2.75, 3.05) is 16.8 Å². The van der Waals surface area contributed by atoms with Crippen LogP contribution in [0.5, 0.6) is 0 Å². The average molecular weight is 423 g/mol. The van der Waals surface area contributed by atoms with Crippen LogP contribution in [-0.2, 0) is 0 Å². The largest absolute Gasteiger partial charge is 0.397 e.